The van der Waals surface area contributed by atoms with Gasteiger partial charge in [-0.25, -0.2) is 18.7 Å². The summed E-state index contributed by atoms with van der Waals surface area (Å²) in [6.45, 7) is 15.3. The zero-order chi connectivity index (χ0) is 32.3. The Morgan fingerprint density at radius 2 is 1.82 bits per heavy atom. The van der Waals surface area contributed by atoms with Crippen LogP contribution in [0.3, 0.4) is 0 Å². The van der Waals surface area contributed by atoms with Crippen molar-refractivity contribution in [2.45, 2.75) is 85.4 Å². The highest BCUT2D eigenvalue weighted by Crippen LogP contribution is 2.41. The van der Waals surface area contributed by atoms with E-state index in [0.717, 1.165) is 23.2 Å². The van der Waals surface area contributed by atoms with Gasteiger partial charge < -0.3 is 19.9 Å². The fourth-order valence-electron chi connectivity index (χ4n) is 5.48. The fourth-order valence-corrected chi connectivity index (χ4v) is 5.48. The van der Waals surface area contributed by atoms with Crippen LogP contribution in [0.5, 0.6) is 5.75 Å². The van der Waals surface area contributed by atoms with Crippen LogP contribution in [0, 0.1) is 19.7 Å². The van der Waals surface area contributed by atoms with E-state index >= 15 is 4.39 Å². The van der Waals surface area contributed by atoms with Crippen molar-refractivity contribution in [2.24, 2.45) is 7.05 Å². The van der Waals surface area contributed by atoms with Gasteiger partial charge in [0.25, 0.3) is 5.91 Å². The van der Waals surface area contributed by atoms with Crippen molar-refractivity contribution in [3.8, 4) is 17.0 Å². The lowest BCUT2D eigenvalue weighted by molar-refractivity contribution is -0.160. The summed E-state index contributed by atoms with van der Waals surface area (Å²) in [5.41, 5.74) is 3.16. The van der Waals surface area contributed by atoms with Crippen molar-refractivity contribution in [1.29, 1.82) is 0 Å². The molecule has 0 unspecified atom stereocenters. The van der Waals surface area contributed by atoms with Gasteiger partial charge in [-0.15, -0.1) is 5.10 Å². The van der Waals surface area contributed by atoms with Gasteiger partial charge in [0.15, 0.2) is 29.1 Å². The normalized spacial score (nSPS) is 14.3. The number of carbonyl (C=O) groups excluding carboxylic acids is 1. The van der Waals surface area contributed by atoms with Crippen LogP contribution in [0.2, 0.25) is 0 Å². The molecule has 11 nitrogen and oxygen atoms in total. The number of aromatic nitrogens is 5. The third kappa shape index (κ3) is 5.78. The first-order valence-corrected chi connectivity index (χ1v) is 14.6. The Balaban J connectivity index is 1.72. The standard InChI is InChI=1S/C32H39FN6O5/c1-16-18-11-10-12-43-27(18)20(33)13-19(16)26-25(28(30(41)42)44-32(6,7)8)17(2)34-24-15-23(37-39(24)26)35-29(40)21-14-22(31(3,4)5)36-38(21)9/h13-15,28H,10-12H2,1-9H3,(H,41,42)(H,35,37,40)/t28-/m0/s1. The summed E-state index contributed by atoms with van der Waals surface area (Å²) in [6, 6.07) is 4.67. The second-order valence-electron chi connectivity index (χ2n) is 13.2. The molecular formula is C32H39FN6O5. The molecule has 0 fully saturated rings. The lowest BCUT2D eigenvalue weighted by Gasteiger charge is -2.28. The van der Waals surface area contributed by atoms with E-state index in [1.807, 2.05) is 27.7 Å². The molecule has 12 heteroatoms. The predicted molar refractivity (Wildman–Crippen MR) is 163 cm³/mol. The van der Waals surface area contributed by atoms with Crippen molar-refractivity contribution in [2.75, 3.05) is 11.9 Å². The Bertz CT molecular complexity index is 1790. The van der Waals surface area contributed by atoms with Crippen LogP contribution in [0.25, 0.3) is 16.9 Å². The molecule has 0 saturated heterocycles. The zero-order valence-electron chi connectivity index (χ0n) is 26.6. The molecule has 0 radical (unpaired) electrons. The van der Waals surface area contributed by atoms with Gasteiger partial charge >= 0.3 is 5.97 Å². The summed E-state index contributed by atoms with van der Waals surface area (Å²) < 4.78 is 30.2. The van der Waals surface area contributed by atoms with Crippen molar-refractivity contribution < 1.29 is 28.6 Å². The van der Waals surface area contributed by atoms with E-state index in [1.54, 1.807) is 46.9 Å². The largest absolute Gasteiger partial charge is 0.490 e. The highest BCUT2D eigenvalue weighted by Gasteiger charge is 2.35. The molecule has 0 bridgehead atoms. The van der Waals surface area contributed by atoms with Crippen LogP contribution in [0.4, 0.5) is 10.2 Å². The van der Waals surface area contributed by atoms with Gasteiger partial charge in [-0.3, -0.25) is 9.48 Å². The van der Waals surface area contributed by atoms with Gasteiger partial charge in [-0.05, 0) is 65.2 Å². The van der Waals surface area contributed by atoms with Crippen LogP contribution >= 0.6 is 0 Å². The number of ether oxygens (including phenoxy) is 2. The van der Waals surface area contributed by atoms with Crippen molar-refractivity contribution in [1.82, 2.24) is 24.4 Å². The minimum Gasteiger partial charge on any atom is -0.490 e. The lowest BCUT2D eigenvalue weighted by atomic mass is 9.91. The third-order valence-corrected chi connectivity index (χ3v) is 7.60. The number of aliphatic carboxylic acids is 1. The number of nitrogens with zero attached hydrogens (tertiary/aromatic N) is 5. The molecule has 3 aromatic heterocycles. The maximum atomic E-state index is 15.6. The van der Waals surface area contributed by atoms with E-state index in [1.165, 1.54) is 15.3 Å². The van der Waals surface area contributed by atoms with Crippen molar-refractivity contribution in [3.63, 3.8) is 0 Å². The number of rotatable bonds is 6. The summed E-state index contributed by atoms with van der Waals surface area (Å²) >= 11 is 0. The molecule has 44 heavy (non-hydrogen) atoms. The maximum absolute atomic E-state index is 15.6. The SMILES string of the molecule is Cc1nc2cc(NC(=O)c3cc(C(C)(C)C)nn3C)nn2c(-c2cc(F)c3c(c2C)CCCO3)c1[C@H](OC(C)(C)C)C(=O)O. The Hall–Kier alpha value is -4.32. The monoisotopic (exact) mass is 606 g/mol. The Morgan fingerprint density at radius 1 is 1.11 bits per heavy atom. The number of carbonyl (C=O) groups is 2. The molecule has 5 rings (SSSR count). The second kappa shape index (κ2) is 11.0. The fraction of sp³-hybridized carbons (Fsp3) is 0.469. The molecule has 234 valence electrons. The molecule has 0 spiro atoms. The Labute approximate surface area is 255 Å². The van der Waals surface area contributed by atoms with Gasteiger partial charge in [-0.1, -0.05) is 20.8 Å². The minimum atomic E-state index is -1.44. The molecule has 1 amide bonds. The van der Waals surface area contributed by atoms with Crippen LogP contribution in [0.1, 0.15) is 92.6 Å². The van der Waals surface area contributed by atoms with E-state index in [2.05, 4.69) is 20.5 Å². The molecule has 4 aromatic rings. The highest BCUT2D eigenvalue weighted by molar-refractivity contribution is 6.03. The molecule has 0 saturated carbocycles. The number of hydrogen-bond donors (Lipinski definition) is 2. The number of nitrogens with one attached hydrogen (secondary N) is 1. The number of fused-ring (bicyclic) bond motifs is 2. The quantitative estimate of drug-likeness (QED) is 0.286. The van der Waals surface area contributed by atoms with E-state index in [-0.39, 0.29) is 22.5 Å². The van der Waals surface area contributed by atoms with Crippen LogP contribution in [-0.2, 0) is 28.4 Å². The van der Waals surface area contributed by atoms with Crippen molar-refractivity contribution >= 4 is 23.3 Å². The summed E-state index contributed by atoms with van der Waals surface area (Å²) in [7, 11) is 1.70. The van der Waals surface area contributed by atoms with E-state index in [0.29, 0.717) is 41.3 Å². The summed E-state index contributed by atoms with van der Waals surface area (Å²) in [5.74, 6) is -1.81. The topological polar surface area (TPSA) is 133 Å². The first-order chi connectivity index (χ1) is 20.5. The number of carboxylic acid groups (broad SMARTS) is 1. The molecule has 1 atom stereocenters. The average Bonchev–Trinajstić information content (AvgIpc) is 3.51. The Kier molecular flexibility index (Phi) is 7.77. The lowest BCUT2D eigenvalue weighted by Crippen LogP contribution is -2.29. The highest BCUT2D eigenvalue weighted by atomic mass is 19.1. The number of hydrogen-bond acceptors (Lipinski definition) is 7. The summed E-state index contributed by atoms with van der Waals surface area (Å²) in [5, 5.41) is 22.3. The van der Waals surface area contributed by atoms with Crippen molar-refractivity contribution in [3.05, 3.63) is 57.8 Å². The summed E-state index contributed by atoms with van der Waals surface area (Å²) in [6.07, 6.45) is -0.108. The molecule has 1 aliphatic rings. The second-order valence-corrected chi connectivity index (χ2v) is 13.2. The first kappa shape index (κ1) is 31.1. The van der Waals surface area contributed by atoms with E-state index < -0.39 is 29.4 Å². The third-order valence-electron chi connectivity index (χ3n) is 7.60. The number of benzene rings is 1. The average molecular weight is 607 g/mol. The predicted octanol–water partition coefficient (Wildman–Crippen LogP) is 5.70. The minimum absolute atomic E-state index is 0.182. The zero-order valence-corrected chi connectivity index (χ0v) is 26.6. The van der Waals surface area contributed by atoms with Crippen LogP contribution in [0.15, 0.2) is 18.2 Å². The number of aryl methyl sites for hydroxylation is 2. The first-order valence-electron chi connectivity index (χ1n) is 14.6. The van der Waals surface area contributed by atoms with Gasteiger partial charge in [-0.2, -0.15) is 5.10 Å². The molecule has 2 N–H and O–H groups in total. The van der Waals surface area contributed by atoms with Crippen LogP contribution in [-0.4, -0.2) is 53.6 Å². The molecule has 1 aliphatic heterocycles. The molecular weight excluding hydrogens is 567 g/mol. The van der Waals surface area contributed by atoms with E-state index in [4.69, 9.17) is 9.47 Å². The molecule has 4 heterocycles. The molecule has 1 aromatic carbocycles. The van der Waals surface area contributed by atoms with Gasteiger partial charge in [0.1, 0.15) is 5.69 Å². The number of amides is 1. The van der Waals surface area contributed by atoms with Crippen LogP contribution < -0.4 is 10.1 Å². The number of carboxylic acids is 1. The molecule has 0 aliphatic carbocycles. The summed E-state index contributed by atoms with van der Waals surface area (Å²) in [4.78, 5) is 30.7. The van der Waals surface area contributed by atoms with Gasteiger partial charge in [0, 0.05) is 40.9 Å². The maximum Gasteiger partial charge on any atom is 0.337 e. The smallest absolute Gasteiger partial charge is 0.337 e. The van der Waals surface area contributed by atoms with E-state index in [9.17, 15) is 14.7 Å². The number of halogens is 1. The number of anilines is 1. The van der Waals surface area contributed by atoms with Gasteiger partial charge in [0.05, 0.1) is 23.6 Å². The Morgan fingerprint density at radius 3 is 2.43 bits per heavy atom. The van der Waals surface area contributed by atoms with Gasteiger partial charge in [0.2, 0.25) is 0 Å².